The first-order valence-electron chi connectivity index (χ1n) is 9.50. The average molecular weight is 393 g/mol. The lowest BCUT2D eigenvalue weighted by atomic mass is 10.1. The van der Waals surface area contributed by atoms with Crippen LogP contribution in [0.5, 0.6) is 0 Å². The summed E-state index contributed by atoms with van der Waals surface area (Å²) < 4.78 is 10.8. The van der Waals surface area contributed by atoms with Crippen molar-refractivity contribution < 1.29 is 13.9 Å². The molecule has 2 heterocycles. The lowest BCUT2D eigenvalue weighted by Crippen LogP contribution is -2.36. The van der Waals surface area contributed by atoms with E-state index in [2.05, 4.69) is 25.7 Å². The van der Waals surface area contributed by atoms with Crippen molar-refractivity contribution in [3.63, 3.8) is 0 Å². The van der Waals surface area contributed by atoms with Crippen LogP contribution in [0.2, 0.25) is 0 Å². The van der Waals surface area contributed by atoms with Crippen LogP contribution in [0.4, 0.5) is 23.1 Å². The summed E-state index contributed by atoms with van der Waals surface area (Å²) in [6.07, 6.45) is 0. The highest BCUT2D eigenvalue weighted by Gasteiger charge is 2.16. The zero-order valence-corrected chi connectivity index (χ0v) is 16.4. The van der Waals surface area contributed by atoms with E-state index >= 15 is 0 Å². The second-order valence-corrected chi connectivity index (χ2v) is 6.94. The monoisotopic (exact) mass is 393 g/mol. The number of carbonyl (C=O) groups is 1. The first-order valence-corrected chi connectivity index (χ1v) is 9.50. The molecule has 0 aliphatic carbocycles. The number of rotatable bonds is 5. The van der Waals surface area contributed by atoms with Gasteiger partial charge in [-0.3, -0.25) is 4.79 Å². The van der Waals surface area contributed by atoms with E-state index in [0.717, 1.165) is 43.2 Å². The molecular weight excluding hydrogens is 370 g/mol. The summed E-state index contributed by atoms with van der Waals surface area (Å²) in [5.74, 6) is -0.557. The summed E-state index contributed by atoms with van der Waals surface area (Å²) in [6.45, 7) is 7.26. The molecule has 4 rings (SSSR count). The van der Waals surface area contributed by atoms with Crippen molar-refractivity contribution in [2.45, 2.75) is 13.8 Å². The summed E-state index contributed by atoms with van der Waals surface area (Å²) in [7, 11) is 0. The molecule has 3 aromatic rings. The third-order valence-electron chi connectivity index (χ3n) is 4.88. The highest BCUT2D eigenvalue weighted by atomic mass is 16.5. The Hall–Kier alpha value is -3.39. The second-order valence-electron chi connectivity index (χ2n) is 6.94. The fourth-order valence-corrected chi connectivity index (χ4v) is 3.07. The number of nitrogens with zero attached hydrogens (tertiary/aromatic N) is 3. The van der Waals surface area contributed by atoms with Crippen LogP contribution < -0.4 is 15.5 Å². The Morgan fingerprint density at radius 2 is 1.69 bits per heavy atom. The van der Waals surface area contributed by atoms with Crippen molar-refractivity contribution in [2.75, 3.05) is 41.8 Å². The maximum Gasteiger partial charge on any atom is 0.320 e. The molecule has 1 saturated heterocycles. The van der Waals surface area contributed by atoms with Gasteiger partial charge in [0.2, 0.25) is 0 Å². The van der Waals surface area contributed by atoms with Gasteiger partial charge in [0.1, 0.15) is 0 Å². The van der Waals surface area contributed by atoms with Crippen LogP contribution >= 0.6 is 0 Å². The van der Waals surface area contributed by atoms with Crippen LogP contribution in [-0.4, -0.2) is 42.4 Å². The first-order chi connectivity index (χ1) is 14.1. The number of nitrogens with one attached hydrogen (secondary N) is 2. The minimum Gasteiger partial charge on any atom is -0.399 e. The largest absolute Gasteiger partial charge is 0.399 e. The van der Waals surface area contributed by atoms with E-state index in [0.29, 0.717) is 5.69 Å². The third kappa shape index (κ3) is 4.55. The van der Waals surface area contributed by atoms with Gasteiger partial charge in [0, 0.05) is 30.2 Å². The maximum absolute atomic E-state index is 12.4. The van der Waals surface area contributed by atoms with Crippen molar-refractivity contribution >= 4 is 29.0 Å². The van der Waals surface area contributed by atoms with Crippen molar-refractivity contribution in [1.29, 1.82) is 0 Å². The summed E-state index contributed by atoms with van der Waals surface area (Å²) in [5.41, 5.74) is 4.93. The number of amides is 1. The molecule has 1 amide bonds. The number of hydrogen-bond donors (Lipinski definition) is 2. The highest BCUT2D eigenvalue weighted by Crippen LogP contribution is 2.21. The van der Waals surface area contributed by atoms with Crippen LogP contribution in [0.15, 0.2) is 46.9 Å². The Kier molecular flexibility index (Phi) is 5.44. The molecule has 0 radical (unpaired) electrons. The minimum atomic E-state index is -0.454. The standard InChI is InChI=1S/C21H23N5O3/c1-14-3-4-17(13-15(14)2)23-21-25-24-20(29-21)19(27)22-16-5-7-18(8-6-16)26-9-11-28-12-10-26/h3-8,13H,9-12H2,1-2H3,(H,22,27)(H,23,25). The van der Waals surface area contributed by atoms with Crippen molar-refractivity contribution in [3.8, 4) is 0 Å². The van der Waals surface area contributed by atoms with E-state index in [1.165, 1.54) is 5.56 Å². The molecule has 0 unspecified atom stereocenters. The molecule has 8 heteroatoms. The van der Waals surface area contributed by atoms with Gasteiger partial charge in [-0.15, -0.1) is 5.10 Å². The minimum absolute atomic E-state index is 0.103. The second kappa shape index (κ2) is 8.32. The van der Waals surface area contributed by atoms with Gasteiger partial charge >= 0.3 is 17.8 Å². The van der Waals surface area contributed by atoms with Gasteiger partial charge < -0.3 is 24.7 Å². The number of ether oxygens (including phenoxy) is 1. The predicted octanol–water partition coefficient (Wildman–Crippen LogP) is 3.52. The molecule has 150 valence electrons. The Bertz CT molecular complexity index is 994. The topological polar surface area (TPSA) is 92.5 Å². The molecule has 1 aliphatic heterocycles. The van der Waals surface area contributed by atoms with Crippen LogP contribution in [0.25, 0.3) is 0 Å². The van der Waals surface area contributed by atoms with Gasteiger partial charge in [-0.1, -0.05) is 11.2 Å². The fourth-order valence-electron chi connectivity index (χ4n) is 3.07. The zero-order valence-electron chi connectivity index (χ0n) is 16.4. The molecule has 0 atom stereocenters. The van der Waals surface area contributed by atoms with Crippen LogP contribution in [0, 0.1) is 13.8 Å². The molecule has 0 spiro atoms. The Morgan fingerprint density at radius 3 is 2.41 bits per heavy atom. The summed E-state index contributed by atoms with van der Waals surface area (Å²) in [6, 6.07) is 13.7. The SMILES string of the molecule is Cc1ccc(Nc2nnc(C(=O)Nc3ccc(N4CCOCC4)cc3)o2)cc1C. The van der Waals surface area contributed by atoms with Crippen LogP contribution in [-0.2, 0) is 4.74 Å². The number of anilines is 4. The number of aromatic nitrogens is 2. The molecule has 29 heavy (non-hydrogen) atoms. The van der Waals surface area contributed by atoms with E-state index in [1.54, 1.807) is 0 Å². The quantitative estimate of drug-likeness (QED) is 0.685. The Labute approximate surface area is 168 Å². The fraction of sp³-hybridized carbons (Fsp3) is 0.286. The van der Waals surface area contributed by atoms with Gasteiger partial charge in [0.25, 0.3) is 0 Å². The molecule has 0 bridgehead atoms. The summed E-state index contributed by atoms with van der Waals surface area (Å²) >= 11 is 0. The average Bonchev–Trinajstić information content (AvgIpc) is 3.21. The zero-order chi connectivity index (χ0) is 20.2. The number of aryl methyl sites for hydroxylation is 2. The lowest BCUT2D eigenvalue weighted by molar-refractivity contribution is 0.0991. The predicted molar refractivity (Wildman–Crippen MR) is 111 cm³/mol. The lowest BCUT2D eigenvalue weighted by Gasteiger charge is -2.28. The van der Waals surface area contributed by atoms with Gasteiger partial charge in [-0.2, -0.15) is 0 Å². The summed E-state index contributed by atoms with van der Waals surface area (Å²) in [5, 5.41) is 13.5. The Balaban J connectivity index is 1.38. The number of morpholine rings is 1. The van der Waals surface area contributed by atoms with E-state index in [-0.39, 0.29) is 11.9 Å². The molecule has 8 nitrogen and oxygen atoms in total. The van der Waals surface area contributed by atoms with E-state index < -0.39 is 5.91 Å². The molecule has 2 aromatic carbocycles. The van der Waals surface area contributed by atoms with Crippen LogP contribution in [0.3, 0.4) is 0 Å². The van der Waals surface area contributed by atoms with Gasteiger partial charge in [0.05, 0.1) is 13.2 Å². The maximum atomic E-state index is 12.4. The van der Waals surface area contributed by atoms with E-state index in [9.17, 15) is 4.79 Å². The highest BCUT2D eigenvalue weighted by molar-refractivity contribution is 6.01. The van der Waals surface area contributed by atoms with Crippen LogP contribution in [0.1, 0.15) is 21.8 Å². The van der Waals surface area contributed by atoms with Gasteiger partial charge in [-0.05, 0) is 61.4 Å². The molecule has 2 N–H and O–H groups in total. The van der Waals surface area contributed by atoms with E-state index in [4.69, 9.17) is 9.15 Å². The van der Waals surface area contributed by atoms with Crippen molar-refractivity contribution in [3.05, 3.63) is 59.5 Å². The normalized spacial score (nSPS) is 13.9. The molecule has 1 aliphatic rings. The first kappa shape index (κ1) is 18.9. The third-order valence-corrected chi connectivity index (χ3v) is 4.88. The molecule has 1 aromatic heterocycles. The van der Waals surface area contributed by atoms with Gasteiger partial charge in [0.15, 0.2) is 0 Å². The molecular formula is C21H23N5O3. The van der Waals surface area contributed by atoms with E-state index in [1.807, 2.05) is 56.3 Å². The van der Waals surface area contributed by atoms with Crippen molar-refractivity contribution in [1.82, 2.24) is 10.2 Å². The number of hydrogen-bond acceptors (Lipinski definition) is 7. The molecule has 0 saturated carbocycles. The Morgan fingerprint density at radius 1 is 0.966 bits per heavy atom. The summed E-state index contributed by atoms with van der Waals surface area (Å²) in [4.78, 5) is 14.7. The van der Waals surface area contributed by atoms with Gasteiger partial charge in [-0.25, -0.2) is 0 Å². The van der Waals surface area contributed by atoms with Crippen molar-refractivity contribution in [2.24, 2.45) is 0 Å². The number of benzene rings is 2. The number of carbonyl (C=O) groups excluding carboxylic acids is 1. The smallest absolute Gasteiger partial charge is 0.320 e. The molecule has 1 fully saturated rings.